The number of nitrogens with zero attached hydrogens (tertiary/aromatic N) is 1. The van der Waals surface area contributed by atoms with Gasteiger partial charge in [0, 0.05) is 6.20 Å². The molecule has 0 amide bonds. The summed E-state index contributed by atoms with van der Waals surface area (Å²) in [7, 11) is 0. The molecule has 0 aliphatic carbocycles. The number of ether oxygens (including phenoxy) is 1. The standard InChI is InChI=1S/C7H5ClF3NO/c1-4-2-12-3-5(6(4)8)13-7(9,10)11/h2-3H,1H3. The minimum absolute atomic E-state index is 0.0766. The molecule has 0 aliphatic rings. The molecule has 0 saturated heterocycles. The average molecular weight is 212 g/mol. The molecule has 1 rings (SSSR count). The number of pyridine rings is 1. The molecule has 0 atom stereocenters. The van der Waals surface area contributed by atoms with Gasteiger partial charge in [0.25, 0.3) is 0 Å². The van der Waals surface area contributed by atoms with E-state index in [-0.39, 0.29) is 5.02 Å². The van der Waals surface area contributed by atoms with Gasteiger partial charge in [-0.2, -0.15) is 0 Å². The third-order valence-corrected chi connectivity index (χ3v) is 1.73. The maximum absolute atomic E-state index is 11.7. The van der Waals surface area contributed by atoms with Crippen molar-refractivity contribution in [1.82, 2.24) is 4.98 Å². The first-order valence-corrected chi connectivity index (χ1v) is 3.64. The van der Waals surface area contributed by atoms with Gasteiger partial charge in [-0.25, -0.2) is 0 Å². The van der Waals surface area contributed by atoms with Crippen molar-refractivity contribution >= 4 is 11.6 Å². The molecule has 72 valence electrons. The molecule has 0 spiro atoms. The Morgan fingerprint density at radius 2 is 2.00 bits per heavy atom. The lowest BCUT2D eigenvalue weighted by atomic mass is 10.3. The topological polar surface area (TPSA) is 22.1 Å². The first-order chi connectivity index (χ1) is 5.90. The molecule has 1 aromatic heterocycles. The quantitative estimate of drug-likeness (QED) is 0.713. The van der Waals surface area contributed by atoms with Crippen LogP contribution in [0.3, 0.4) is 0 Å². The first kappa shape index (κ1) is 10.1. The van der Waals surface area contributed by atoms with Crippen LogP contribution in [0.1, 0.15) is 5.56 Å². The Kier molecular flexibility index (Phi) is 2.66. The lowest BCUT2D eigenvalue weighted by Gasteiger charge is -2.10. The van der Waals surface area contributed by atoms with Crippen LogP contribution >= 0.6 is 11.6 Å². The summed E-state index contributed by atoms with van der Waals surface area (Å²) in [6.45, 7) is 1.54. The fourth-order valence-corrected chi connectivity index (χ4v) is 0.856. The van der Waals surface area contributed by atoms with Crippen LogP contribution in [-0.2, 0) is 0 Å². The molecule has 0 unspecified atom stereocenters. The van der Waals surface area contributed by atoms with Gasteiger partial charge in [-0.1, -0.05) is 11.6 Å². The Labute approximate surface area is 77.3 Å². The van der Waals surface area contributed by atoms with Crippen molar-refractivity contribution < 1.29 is 17.9 Å². The zero-order valence-electron chi connectivity index (χ0n) is 6.52. The van der Waals surface area contributed by atoms with Gasteiger partial charge in [0.2, 0.25) is 0 Å². The molecule has 2 nitrogen and oxygen atoms in total. The Bertz CT molecular complexity index is 313. The van der Waals surface area contributed by atoms with Gasteiger partial charge in [-0.05, 0) is 12.5 Å². The summed E-state index contributed by atoms with van der Waals surface area (Å²) in [5, 5.41) is -0.0766. The van der Waals surface area contributed by atoms with Crippen LogP contribution in [0.5, 0.6) is 5.75 Å². The number of rotatable bonds is 1. The normalized spacial score (nSPS) is 11.5. The van der Waals surface area contributed by atoms with Crippen LogP contribution in [0.25, 0.3) is 0 Å². The zero-order valence-corrected chi connectivity index (χ0v) is 7.28. The van der Waals surface area contributed by atoms with Crippen molar-refractivity contribution in [2.24, 2.45) is 0 Å². The fourth-order valence-electron chi connectivity index (χ4n) is 0.720. The van der Waals surface area contributed by atoms with Gasteiger partial charge >= 0.3 is 6.36 Å². The lowest BCUT2D eigenvalue weighted by molar-refractivity contribution is -0.274. The molecule has 13 heavy (non-hydrogen) atoms. The Morgan fingerprint density at radius 1 is 1.38 bits per heavy atom. The molecular formula is C7H5ClF3NO. The van der Waals surface area contributed by atoms with Gasteiger partial charge < -0.3 is 4.74 Å². The van der Waals surface area contributed by atoms with Crippen molar-refractivity contribution in [2.75, 3.05) is 0 Å². The largest absolute Gasteiger partial charge is 0.573 e. The second kappa shape index (κ2) is 3.41. The highest BCUT2D eigenvalue weighted by Crippen LogP contribution is 2.30. The average Bonchev–Trinajstić information content (AvgIpc) is 1.96. The lowest BCUT2D eigenvalue weighted by Crippen LogP contribution is -2.17. The van der Waals surface area contributed by atoms with Gasteiger partial charge in [-0.3, -0.25) is 4.98 Å². The number of aryl methyl sites for hydroxylation is 1. The smallest absolute Gasteiger partial charge is 0.403 e. The van der Waals surface area contributed by atoms with Crippen molar-refractivity contribution in [3.63, 3.8) is 0 Å². The number of hydrogen-bond acceptors (Lipinski definition) is 2. The van der Waals surface area contributed by atoms with E-state index in [0.717, 1.165) is 6.20 Å². The second-order valence-electron chi connectivity index (χ2n) is 2.32. The number of aromatic nitrogens is 1. The third-order valence-electron chi connectivity index (χ3n) is 1.25. The predicted molar refractivity (Wildman–Crippen MR) is 40.7 cm³/mol. The van der Waals surface area contributed by atoms with E-state index in [1.807, 2.05) is 0 Å². The summed E-state index contributed by atoms with van der Waals surface area (Å²) in [6.07, 6.45) is -2.46. The predicted octanol–water partition coefficient (Wildman–Crippen LogP) is 2.94. The SMILES string of the molecule is Cc1cncc(OC(F)(F)F)c1Cl. The van der Waals surface area contributed by atoms with Crippen molar-refractivity contribution in [3.05, 3.63) is 23.0 Å². The molecule has 0 aliphatic heterocycles. The van der Waals surface area contributed by atoms with E-state index in [1.165, 1.54) is 6.20 Å². The van der Waals surface area contributed by atoms with Crippen LogP contribution in [0, 0.1) is 6.92 Å². The van der Waals surface area contributed by atoms with E-state index in [2.05, 4.69) is 9.72 Å². The zero-order chi connectivity index (χ0) is 10.1. The number of halogens is 4. The van der Waals surface area contributed by atoms with E-state index >= 15 is 0 Å². The van der Waals surface area contributed by atoms with Gasteiger partial charge in [-0.15, -0.1) is 13.2 Å². The van der Waals surface area contributed by atoms with Gasteiger partial charge in [0.1, 0.15) is 0 Å². The Hall–Kier alpha value is -0.970. The van der Waals surface area contributed by atoms with Crippen LogP contribution in [0.4, 0.5) is 13.2 Å². The Balaban J connectivity index is 2.96. The van der Waals surface area contributed by atoms with Gasteiger partial charge in [0.15, 0.2) is 5.75 Å². The number of alkyl halides is 3. The minimum atomic E-state index is -4.74. The summed E-state index contributed by atoms with van der Waals surface area (Å²) < 4.78 is 38.9. The summed E-state index contributed by atoms with van der Waals surface area (Å²) in [4.78, 5) is 3.52. The highest BCUT2D eigenvalue weighted by molar-refractivity contribution is 6.32. The highest BCUT2D eigenvalue weighted by atomic mass is 35.5. The van der Waals surface area contributed by atoms with E-state index in [1.54, 1.807) is 6.92 Å². The first-order valence-electron chi connectivity index (χ1n) is 3.26. The van der Waals surface area contributed by atoms with Crippen molar-refractivity contribution in [3.8, 4) is 5.75 Å². The molecule has 0 saturated carbocycles. The summed E-state index contributed by atoms with van der Waals surface area (Å²) in [6, 6.07) is 0. The molecular weight excluding hydrogens is 207 g/mol. The maximum atomic E-state index is 11.7. The maximum Gasteiger partial charge on any atom is 0.573 e. The monoisotopic (exact) mass is 211 g/mol. The van der Waals surface area contributed by atoms with Crippen molar-refractivity contribution in [2.45, 2.75) is 13.3 Å². The molecule has 0 N–H and O–H groups in total. The van der Waals surface area contributed by atoms with Crippen LogP contribution < -0.4 is 4.74 Å². The minimum Gasteiger partial charge on any atom is -0.403 e. The van der Waals surface area contributed by atoms with E-state index in [9.17, 15) is 13.2 Å². The summed E-state index contributed by atoms with van der Waals surface area (Å²) in [5.74, 6) is -0.478. The number of hydrogen-bond donors (Lipinski definition) is 0. The summed E-state index contributed by atoms with van der Waals surface area (Å²) in [5.41, 5.74) is 0.434. The third kappa shape index (κ3) is 2.77. The molecule has 0 aromatic carbocycles. The second-order valence-corrected chi connectivity index (χ2v) is 2.69. The van der Waals surface area contributed by atoms with E-state index in [0.29, 0.717) is 5.56 Å². The molecule has 0 radical (unpaired) electrons. The van der Waals surface area contributed by atoms with Crippen molar-refractivity contribution in [1.29, 1.82) is 0 Å². The Morgan fingerprint density at radius 3 is 2.54 bits per heavy atom. The highest BCUT2D eigenvalue weighted by Gasteiger charge is 2.32. The fraction of sp³-hybridized carbons (Fsp3) is 0.286. The summed E-state index contributed by atoms with van der Waals surface area (Å²) >= 11 is 5.53. The molecule has 6 heteroatoms. The van der Waals surface area contributed by atoms with E-state index in [4.69, 9.17) is 11.6 Å². The van der Waals surface area contributed by atoms with Crippen LogP contribution in [0.2, 0.25) is 5.02 Å². The molecule has 0 bridgehead atoms. The van der Waals surface area contributed by atoms with Gasteiger partial charge in [0.05, 0.1) is 11.2 Å². The molecule has 1 heterocycles. The van der Waals surface area contributed by atoms with Crippen LogP contribution in [-0.4, -0.2) is 11.3 Å². The molecule has 1 aromatic rings. The van der Waals surface area contributed by atoms with Crippen LogP contribution in [0.15, 0.2) is 12.4 Å². The van der Waals surface area contributed by atoms with E-state index < -0.39 is 12.1 Å². The molecule has 0 fully saturated rings.